The second-order valence-electron chi connectivity index (χ2n) is 5.35. The van der Waals surface area contributed by atoms with Crippen LogP contribution in [0.3, 0.4) is 0 Å². The van der Waals surface area contributed by atoms with Gasteiger partial charge in [0.05, 0.1) is 0 Å². The predicted octanol–water partition coefficient (Wildman–Crippen LogP) is 2.96. The maximum Gasteiger partial charge on any atom is 0.227 e. The Morgan fingerprint density at radius 1 is 1.32 bits per heavy atom. The second kappa shape index (κ2) is 7.98. The third-order valence-electron chi connectivity index (χ3n) is 3.02. The van der Waals surface area contributed by atoms with Crippen molar-refractivity contribution in [2.24, 2.45) is 0 Å². The number of hydrogen-bond donors (Lipinski definition) is 1. The van der Waals surface area contributed by atoms with E-state index in [0.717, 1.165) is 24.3 Å². The van der Waals surface area contributed by atoms with E-state index >= 15 is 0 Å². The van der Waals surface area contributed by atoms with E-state index < -0.39 is 0 Å². The highest BCUT2D eigenvalue weighted by Crippen LogP contribution is 2.17. The Balaban J connectivity index is 1.78. The molecule has 2 aromatic heterocycles. The molecule has 0 aromatic carbocycles. The average Bonchev–Trinajstić information content (AvgIpc) is 3.12. The van der Waals surface area contributed by atoms with Crippen molar-refractivity contribution in [3.05, 3.63) is 16.7 Å². The molecule has 0 saturated heterocycles. The summed E-state index contributed by atoms with van der Waals surface area (Å²) in [6.45, 7) is 6.12. The Morgan fingerprint density at radius 2 is 2.14 bits per heavy atom. The number of unbranched alkanes of at least 4 members (excludes halogenated alkanes) is 1. The molecule has 120 valence electrons. The smallest absolute Gasteiger partial charge is 0.227 e. The van der Waals surface area contributed by atoms with Gasteiger partial charge in [0.1, 0.15) is 5.01 Å². The molecular weight excluding hydrogens is 302 g/mol. The molecule has 0 aliphatic carbocycles. The SMILES string of the molecule is CCCCc1nnc(NC(=O)CCc2nc(C(C)C)no2)s1. The lowest BCUT2D eigenvalue weighted by atomic mass is 10.2. The summed E-state index contributed by atoms with van der Waals surface area (Å²) in [6.07, 6.45) is 3.81. The number of nitrogens with zero attached hydrogens (tertiary/aromatic N) is 4. The van der Waals surface area contributed by atoms with Gasteiger partial charge in [-0.15, -0.1) is 10.2 Å². The van der Waals surface area contributed by atoms with Gasteiger partial charge in [-0.05, 0) is 6.42 Å². The minimum Gasteiger partial charge on any atom is -0.339 e. The van der Waals surface area contributed by atoms with Crippen molar-refractivity contribution >= 4 is 22.4 Å². The van der Waals surface area contributed by atoms with Crippen molar-refractivity contribution in [1.29, 1.82) is 0 Å². The molecule has 1 amide bonds. The Bertz CT molecular complexity index is 608. The molecule has 8 heteroatoms. The minimum atomic E-state index is -0.123. The topological polar surface area (TPSA) is 93.8 Å². The summed E-state index contributed by atoms with van der Waals surface area (Å²) in [5.41, 5.74) is 0. The van der Waals surface area contributed by atoms with Crippen molar-refractivity contribution in [3.8, 4) is 0 Å². The van der Waals surface area contributed by atoms with Crippen LogP contribution in [0, 0.1) is 0 Å². The van der Waals surface area contributed by atoms with E-state index in [2.05, 4.69) is 32.6 Å². The molecule has 0 aliphatic rings. The van der Waals surface area contributed by atoms with Gasteiger partial charge in [0.15, 0.2) is 5.82 Å². The molecule has 2 aromatic rings. The lowest BCUT2D eigenvalue weighted by molar-refractivity contribution is -0.116. The van der Waals surface area contributed by atoms with Crippen LogP contribution in [0.5, 0.6) is 0 Å². The quantitative estimate of drug-likeness (QED) is 0.802. The summed E-state index contributed by atoms with van der Waals surface area (Å²) in [6, 6.07) is 0. The summed E-state index contributed by atoms with van der Waals surface area (Å²) < 4.78 is 5.11. The first-order valence-electron chi connectivity index (χ1n) is 7.53. The monoisotopic (exact) mass is 323 g/mol. The molecule has 0 spiro atoms. The Morgan fingerprint density at radius 3 is 2.82 bits per heavy atom. The van der Waals surface area contributed by atoms with Gasteiger partial charge in [-0.25, -0.2) is 0 Å². The molecule has 0 aliphatic heterocycles. The third kappa shape index (κ3) is 4.87. The lowest BCUT2D eigenvalue weighted by Crippen LogP contribution is -2.12. The highest BCUT2D eigenvalue weighted by Gasteiger charge is 2.12. The first-order valence-corrected chi connectivity index (χ1v) is 8.34. The number of carbonyl (C=O) groups excluding carboxylic acids is 1. The maximum atomic E-state index is 11.9. The van der Waals surface area contributed by atoms with Crippen LogP contribution in [0.1, 0.15) is 62.7 Å². The first-order chi connectivity index (χ1) is 10.6. The van der Waals surface area contributed by atoms with Crippen LogP contribution in [-0.4, -0.2) is 26.2 Å². The van der Waals surface area contributed by atoms with Gasteiger partial charge >= 0.3 is 0 Å². The molecule has 2 rings (SSSR count). The van der Waals surface area contributed by atoms with E-state index in [1.54, 1.807) is 0 Å². The number of nitrogens with one attached hydrogen (secondary N) is 1. The number of carbonyl (C=O) groups is 1. The minimum absolute atomic E-state index is 0.123. The molecule has 0 saturated carbocycles. The Kier molecular flexibility index (Phi) is 6.00. The second-order valence-corrected chi connectivity index (χ2v) is 6.42. The molecule has 0 atom stereocenters. The van der Waals surface area contributed by atoms with Crippen LogP contribution in [0.2, 0.25) is 0 Å². The summed E-state index contributed by atoms with van der Waals surface area (Å²) in [5, 5.41) is 16.2. The van der Waals surface area contributed by atoms with Crippen molar-refractivity contribution < 1.29 is 9.32 Å². The molecular formula is C14H21N5O2S. The largest absolute Gasteiger partial charge is 0.339 e. The van der Waals surface area contributed by atoms with Crippen molar-refractivity contribution in [2.45, 2.75) is 58.8 Å². The summed E-state index contributed by atoms with van der Waals surface area (Å²) in [7, 11) is 0. The summed E-state index contributed by atoms with van der Waals surface area (Å²) in [4.78, 5) is 16.1. The van der Waals surface area contributed by atoms with Gasteiger partial charge in [-0.2, -0.15) is 4.98 Å². The maximum absolute atomic E-state index is 11.9. The van der Waals surface area contributed by atoms with Gasteiger partial charge in [-0.1, -0.05) is 43.7 Å². The standard InChI is InChI=1S/C14H21N5O2S/c1-4-5-6-12-17-18-14(22-12)15-10(20)7-8-11-16-13(9(2)3)19-21-11/h9H,4-8H2,1-3H3,(H,15,18,20). The Hall–Kier alpha value is -1.83. The van der Waals surface area contributed by atoms with Gasteiger partial charge in [0.2, 0.25) is 16.9 Å². The van der Waals surface area contributed by atoms with Crippen LogP contribution in [0.4, 0.5) is 5.13 Å². The molecule has 1 N–H and O–H groups in total. The van der Waals surface area contributed by atoms with Crippen molar-refractivity contribution in [2.75, 3.05) is 5.32 Å². The van der Waals surface area contributed by atoms with Gasteiger partial charge in [0, 0.05) is 25.2 Å². The van der Waals surface area contributed by atoms with E-state index in [-0.39, 0.29) is 18.2 Å². The van der Waals surface area contributed by atoms with Crippen molar-refractivity contribution in [1.82, 2.24) is 20.3 Å². The molecule has 22 heavy (non-hydrogen) atoms. The van der Waals surface area contributed by atoms with Gasteiger partial charge in [0.25, 0.3) is 0 Å². The highest BCUT2D eigenvalue weighted by atomic mass is 32.1. The molecule has 0 unspecified atom stereocenters. The van der Waals surface area contributed by atoms with E-state index in [0.29, 0.717) is 23.3 Å². The molecule has 2 heterocycles. The zero-order valence-corrected chi connectivity index (χ0v) is 13.9. The number of aryl methyl sites for hydroxylation is 2. The molecule has 0 bridgehead atoms. The average molecular weight is 323 g/mol. The number of rotatable bonds is 8. The van der Waals surface area contributed by atoms with Crippen LogP contribution in [0.15, 0.2) is 4.52 Å². The van der Waals surface area contributed by atoms with E-state index in [1.807, 2.05) is 13.8 Å². The summed E-state index contributed by atoms with van der Waals surface area (Å²) >= 11 is 1.43. The number of aromatic nitrogens is 4. The fourth-order valence-corrected chi connectivity index (χ4v) is 2.54. The van der Waals surface area contributed by atoms with E-state index in [9.17, 15) is 4.79 Å². The lowest BCUT2D eigenvalue weighted by Gasteiger charge is -1.98. The number of hydrogen-bond acceptors (Lipinski definition) is 7. The third-order valence-corrected chi connectivity index (χ3v) is 3.92. The van der Waals surface area contributed by atoms with E-state index in [1.165, 1.54) is 11.3 Å². The fourth-order valence-electron chi connectivity index (χ4n) is 1.74. The normalized spacial score (nSPS) is 11.1. The van der Waals surface area contributed by atoms with Crippen molar-refractivity contribution in [3.63, 3.8) is 0 Å². The zero-order valence-electron chi connectivity index (χ0n) is 13.1. The molecule has 7 nitrogen and oxygen atoms in total. The number of amides is 1. The van der Waals surface area contributed by atoms with Crippen LogP contribution in [0.25, 0.3) is 0 Å². The highest BCUT2D eigenvalue weighted by molar-refractivity contribution is 7.15. The van der Waals surface area contributed by atoms with Gasteiger partial charge in [-0.3, -0.25) is 4.79 Å². The number of anilines is 1. The van der Waals surface area contributed by atoms with Crippen LogP contribution >= 0.6 is 11.3 Å². The van der Waals surface area contributed by atoms with E-state index in [4.69, 9.17) is 4.52 Å². The zero-order chi connectivity index (χ0) is 15.9. The summed E-state index contributed by atoms with van der Waals surface area (Å²) in [5.74, 6) is 1.25. The predicted molar refractivity (Wildman–Crippen MR) is 83.9 cm³/mol. The fraction of sp³-hybridized carbons (Fsp3) is 0.643. The Labute approximate surface area is 133 Å². The van der Waals surface area contributed by atoms with Gasteiger partial charge < -0.3 is 9.84 Å². The molecule has 0 radical (unpaired) electrons. The molecule has 0 fully saturated rings. The first kappa shape index (κ1) is 16.5. The van der Waals surface area contributed by atoms with Crippen LogP contribution < -0.4 is 5.32 Å². The van der Waals surface area contributed by atoms with Crippen LogP contribution in [-0.2, 0) is 17.6 Å².